The van der Waals surface area contributed by atoms with Gasteiger partial charge in [0, 0.05) is 0 Å². The summed E-state index contributed by atoms with van der Waals surface area (Å²) in [5.41, 5.74) is 4.32. The number of benzene rings is 4. The van der Waals surface area contributed by atoms with Gasteiger partial charge < -0.3 is 0 Å². The van der Waals surface area contributed by atoms with E-state index in [1.807, 2.05) is 78.9 Å². The molecule has 4 aliphatic heterocycles. The van der Waals surface area contributed by atoms with E-state index < -0.39 is 12.6 Å². The van der Waals surface area contributed by atoms with E-state index in [2.05, 4.69) is 41.3 Å². The van der Waals surface area contributed by atoms with Crippen LogP contribution in [0.1, 0.15) is 47.4 Å². The molecule has 0 bridgehead atoms. The maximum atomic E-state index is 12.5. The fourth-order valence-electron chi connectivity index (χ4n) is 6.99. The number of hydrogen-bond acceptors (Lipinski definition) is 7. The molecule has 8 heteroatoms. The summed E-state index contributed by atoms with van der Waals surface area (Å²) < 4.78 is 33.3. The second kappa shape index (κ2) is 12.8. The number of rotatable bonds is 7. The van der Waals surface area contributed by atoms with Gasteiger partial charge in [-0.2, -0.15) is 0 Å². The fraction of sp³-hybridized carbons (Fsp3) is 0.324. The molecule has 8 atom stereocenters. The number of likely N-dealkylation sites (tertiary alicyclic amines) is 1. The fourth-order valence-corrected chi connectivity index (χ4v) is 9.77. The van der Waals surface area contributed by atoms with Crippen molar-refractivity contribution in [2.45, 2.75) is 60.8 Å². The van der Waals surface area contributed by atoms with Crippen molar-refractivity contribution in [2.24, 2.45) is 0 Å². The summed E-state index contributed by atoms with van der Waals surface area (Å²) in [4.78, 5) is 15.1. The van der Waals surface area contributed by atoms with E-state index in [0.717, 1.165) is 16.7 Å². The van der Waals surface area contributed by atoms with Crippen molar-refractivity contribution in [2.75, 3.05) is 13.2 Å². The molecule has 4 aliphatic rings. The Kier molecular flexibility index (Phi) is 8.29. The molecule has 230 valence electrons. The van der Waals surface area contributed by atoms with E-state index in [-0.39, 0.29) is 56.1 Å². The predicted molar refractivity (Wildman–Crippen MR) is 169 cm³/mol. The zero-order valence-corrected chi connectivity index (χ0v) is 26.4. The van der Waals surface area contributed by atoms with Crippen molar-refractivity contribution in [1.29, 1.82) is 0 Å². The van der Waals surface area contributed by atoms with Gasteiger partial charge in [-0.3, -0.25) is 0 Å². The number of nitrogens with zero attached hydrogens (tertiary/aromatic N) is 1. The van der Waals surface area contributed by atoms with Gasteiger partial charge in [0.05, 0.1) is 0 Å². The summed E-state index contributed by atoms with van der Waals surface area (Å²) in [5.74, 6) is -0.118. The van der Waals surface area contributed by atoms with Gasteiger partial charge in [-0.05, 0) is 0 Å². The van der Waals surface area contributed by atoms with Gasteiger partial charge >= 0.3 is 270 Å². The molecule has 0 unspecified atom stereocenters. The number of carbonyl (C=O) groups is 1. The summed E-state index contributed by atoms with van der Waals surface area (Å²) in [5, 5.41) is 0. The molecule has 8 rings (SSSR count). The quantitative estimate of drug-likeness (QED) is 0.196. The van der Waals surface area contributed by atoms with Crippen LogP contribution in [0.2, 0.25) is 4.82 Å². The van der Waals surface area contributed by atoms with E-state index in [1.165, 1.54) is 10.0 Å². The Balaban J connectivity index is 1.06. The third-order valence-electron chi connectivity index (χ3n) is 9.17. The molecule has 45 heavy (non-hydrogen) atoms. The summed E-state index contributed by atoms with van der Waals surface area (Å²) in [6, 6.07) is 39.0. The first kappa shape index (κ1) is 29.1. The van der Waals surface area contributed by atoms with E-state index in [1.54, 1.807) is 0 Å². The third kappa shape index (κ3) is 5.88. The van der Waals surface area contributed by atoms with Crippen LogP contribution < -0.4 is 4.46 Å². The van der Waals surface area contributed by atoms with Crippen molar-refractivity contribution in [3.8, 4) is 0 Å². The zero-order chi connectivity index (χ0) is 30.2. The standard InChI is InChI=1S/C37H35NO6Se/c39-32-20-31(33(42-32)24-12-4-1-5-13-24)45-30-19-11-10-18-27(30)21-38-28-22-40-36(25-14-6-2-7-15-25)43-34(28)35-29(38)23-41-37(44-35)26-16-8-3-9-17-26/h1-19,28-29,31,33-37H,20-23H2/t28-,29-,31+,33-,34+,35+,36+,37+/m0/s1. The topological polar surface area (TPSA) is 66.5 Å². The minimum absolute atomic E-state index is 0.00657. The maximum absolute atomic E-state index is 12.5. The molecule has 4 fully saturated rings. The van der Waals surface area contributed by atoms with E-state index in [4.69, 9.17) is 23.7 Å². The first-order chi connectivity index (χ1) is 22.2. The predicted octanol–water partition coefficient (Wildman–Crippen LogP) is 5.27. The summed E-state index contributed by atoms with van der Waals surface area (Å²) >= 11 is 0.0255. The number of hydrogen-bond donors (Lipinski definition) is 0. The molecule has 0 aromatic heterocycles. The first-order valence-electron chi connectivity index (χ1n) is 15.6. The van der Waals surface area contributed by atoms with Crippen LogP contribution in [0.5, 0.6) is 0 Å². The van der Waals surface area contributed by atoms with Crippen molar-refractivity contribution >= 4 is 25.4 Å². The second-order valence-corrected chi connectivity index (χ2v) is 14.6. The van der Waals surface area contributed by atoms with Crippen LogP contribution in [0.3, 0.4) is 0 Å². The van der Waals surface area contributed by atoms with E-state index >= 15 is 0 Å². The van der Waals surface area contributed by atoms with Gasteiger partial charge in [0.25, 0.3) is 0 Å². The Labute approximate surface area is 269 Å². The number of ether oxygens (including phenoxy) is 5. The van der Waals surface area contributed by atoms with Gasteiger partial charge in [0.1, 0.15) is 0 Å². The molecule has 0 saturated carbocycles. The minimum atomic E-state index is -0.444. The number of cyclic esters (lactones) is 1. The number of carbonyl (C=O) groups excluding carboxylic acids is 1. The van der Waals surface area contributed by atoms with E-state index in [0.29, 0.717) is 26.2 Å². The number of esters is 1. The molecule has 4 saturated heterocycles. The zero-order valence-electron chi connectivity index (χ0n) is 24.7. The van der Waals surface area contributed by atoms with Crippen molar-refractivity contribution < 1.29 is 28.5 Å². The van der Waals surface area contributed by atoms with Gasteiger partial charge in [-0.1, -0.05) is 0 Å². The van der Waals surface area contributed by atoms with Gasteiger partial charge in [-0.25, -0.2) is 0 Å². The second-order valence-electron chi connectivity index (χ2n) is 11.9. The van der Waals surface area contributed by atoms with Crippen LogP contribution in [-0.2, 0) is 35.0 Å². The monoisotopic (exact) mass is 669 g/mol. The molecule has 4 heterocycles. The molecular weight excluding hydrogens is 633 g/mol. The van der Waals surface area contributed by atoms with E-state index in [9.17, 15) is 4.79 Å². The van der Waals surface area contributed by atoms with Crippen molar-refractivity contribution in [3.63, 3.8) is 0 Å². The average molecular weight is 669 g/mol. The molecule has 0 aliphatic carbocycles. The van der Waals surface area contributed by atoms with Crippen LogP contribution in [-0.4, -0.2) is 63.3 Å². The summed E-state index contributed by atoms with van der Waals surface area (Å²) in [6.45, 7) is 1.78. The van der Waals surface area contributed by atoms with Crippen molar-refractivity contribution in [3.05, 3.63) is 138 Å². The van der Waals surface area contributed by atoms with Crippen LogP contribution in [0.15, 0.2) is 115 Å². The molecule has 0 radical (unpaired) electrons. The Morgan fingerprint density at radius 1 is 0.644 bits per heavy atom. The van der Waals surface area contributed by atoms with Crippen molar-refractivity contribution in [1.82, 2.24) is 4.90 Å². The first-order valence-corrected chi connectivity index (χ1v) is 17.4. The number of fused-ring (bicyclic) bond motifs is 3. The van der Waals surface area contributed by atoms with Gasteiger partial charge in [0.15, 0.2) is 0 Å². The molecule has 4 aromatic rings. The summed E-state index contributed by atoms with van der Waals surface area (Å²) in [6.07, 6.45) is -1.01. The Bertz CT molecular complexity index is 1540. The molecule has 7 nitrogen and oxygen atoms in total. The molecule has 0 amide bonds. The Hall–Kier alpha value is -3.33. The molecule has 0 spiro atoms. The van der Waals surface area contributed by atoms with Crippen LogP contribution in [0.25, 0.3) is 0 Å². The molecule has 4 aromatic carbocycles. The normalized spacial score (nSPS) is 31.2. The van der Waals surface area contributed by atoms with Gasteiger partial charge in [0.2, 0.25) is 0 Å². The SMILES string of the molecule is O=C1C[C@@H]([Se]c2ccccc2CN2[C@H]3CO[C@@H](c4ccccc4)O[C@H]3[C@@H]3O[C@H](c4ccccc4)OC[C@@H]32)[C@H](c2ccccc2)O1. The Morgan fingerprint density at radius 3 is 1.73 bits per heavy atom. The summed E-state index contributed by atoms with van der Waals surface area (Å²) in [7, 11) is 0. The van der Waals surface area contributed by atoms with Crippen LogP contribution in [0, 0.1) is 0 Å². The van der Waals surface area contributed by atoms with Crippen LogP contribution in [0.4, 0.5) is 0 Å². The molecule has 0 N–H and O–H groups in total. The Morgan fingerprint density at radius 2 is 1.16 bits per heavy atom. The average Bonchev–Trinajstić information content (AvgIpc) is 3.62. The van der Waals surface area contributed by atoms with Crippen LogP contribution >= 0.6 is 0 Å². The van der Waals surface area contributed by atoms with Gasteiger partial charge in [-0.15, -0.1) is 0 Å². The molecular formula is C37H35NO6Se. The third-order valence-corrected chi connectivity index (χ3v) is 12.0.